The molecule has 24 heavy (non-hydrogen) atoms. The van der Waals surface area contributed by atoms with Gasteiger partial charge in [0.15, 0.2) is 5.65 Å². The van der Waals surface area contributed by atoms with Crippen molar-refractivity contribution in [3.8, 4) is 0 Å². The molecule has 0 aliphatic rings. The van der Waals surface area contributed by atoms with E-state index >= 15 is 0 Å². The highest BCUT2D eigenvalue weighted by Crippen LogP contribution is 2.29. The molecule has 0 aliphatic carbocycles. The second-order valence-electron chi connectivity index (χ2n) is 5.81. The van der Waals surface area contributed by atoms with Crippen molar-refractivity contribution < 1.29 is 0 Å². The Kier molecular flexibility index (Phi) is 3.61. The van der Waals surface area contributed by atoms with Crippen LogP contribution >= 0.6 is 0 Å². The lowest BCUT2D eigenvalue weighted by Gasteiger charge is -2.16. The molecule has 0 bridgehead atoms. The van der Waals surface area contributed by atoms with Crippen LogP contribution < -0.4 is 5.32 Å². The first-order valence-electron chi connectivity index (χ1n) is 8.17. The Morgan fingerprint density at radius 2 is 1.96 bits per heavy atom. The van der Waals surface area contributed by atoms with Crippen LogP contribution in [0.3, 0.4) is 0 Å². The molecule has 1 N–H and O–H groups in total. The summed E-state index contributed by atoms with van der Waals surface area (Å²) in [4.78, 5) is 9.05. The van der Waals surface area contributed by atoms with Gasteiger partial charge >= 0.3 is 0 Å². The van der Waals surface area contributed by atoms with Crippen LogP contribution in [0.2, 0.25) is 0 Å². The number of nitrogens with one attached hydrogen (secondary N) is 1. The number of hydrogen-bond acceptors (Lipinski definition) is 4. The van der Waals surface area contributed by atoms with E-state index in [2.05, 4.69) is 47.4 Å². The molecular weight excluding hydrogens is 298 g/mol. The van der Waals surface area contributed by atoms with Gasteiger partial charge in [-0.15, -0.1) is 0 Å². The molecule has 0 spiro atoms. The van der Waals surface area contributed by atoms with E-state index in [1.165, 1.54) is 5.56 Å². The smallest absolute Gasteiger partial charge is 0.155 e. The van der Waals surface area contributed by atoms with Crippen molar-refractivity contribution >= 4 is 22.2 Å². The Labute approximate surface area is 140 Å². The van der Waals surface area contributed by atoms with Crippen molar-refractivity contribution in [3.63, 3.8) is 0 Å². The van der Waals surface area contributed by atoms with Crippen molar-refractivity contribution in [2.45, 2.75) is 26.8 Å². The standard InChI is InChI=1S/C19H19N5/c1-3-15-13(2)23-17-7-5-4-6-16(17)19(15)21-12-14-8-10-20-18-9-11-22-24(14)18/h4-11H,3,12H2,1-2H3,(H,21,23). The van der Waals surface area contributed by atoms with E-state index in [1.807, 2.05) is 28.9 Å². The van der Waals surface area contributed by atoms with Crippen molar-refractivity contribution in [1.82, 2.24) is 19.6 Å². The average molecular weight is 317 g/mol. The van der Waals surface area contributed by atoms with Gasteiger partial charge in [-0.2, -0.15) is 5.10 Å². The monoisotopic (exact) mass is 317 g/mol. The van der Waals surface area contributed by atoms with Crippen LogP contribution in [-0.2, 0) is 13.0 Å². The van der Waals surface area contributed by atoms with Crippen LogP contribution in [0.1, 0.15) is 23.9 Å². The summed E-state index contributed by atoms with van der Waals surface area (Å²) < 4.78 is 1.87. The summed E-state index contributed by atoms with van der Waals surface area (Å²) in [6.45, 7) is 4.93. The highest BCUT2D eigenvalue weighted by atomic mass is 15.3. The predicted molar refractivity (Wildman–Crippen MR) is 96.2 cm³/mol. The second kappa shape index (κ2) is 5.92. The first-order chi connectivity index (χ1) is 11.8. The predicted octanol–water partition coefficient (Wildman–Crippen LogP) is 3.76. The fourth-order valence-corrected chi connectivity index (χ4v) is 3.21. The van der Waals surface area contributed by atoms with Gasteiger partial charge in [-0.3, -0.25) is 4.98 Å². The number of aryl methyl sites for hydroxylation is 1. The van der Waals surface area contributed by atoms with E-state index in [0.717, 1.165) is 40.0 Å². The zero-order chi connectivity index (χ0) is 16.5. The summed E-state index contributed by atoms with van der Waals surface area (Å²) >= 11 is 0. The Bertz CT molecular complexity index is 1020. The van der Waals surface area contributed by atoms with Gasteiger partial charge in [0, 0.05) is 29.0 Å². The van der Waals surface area contributed by atoms with Gasteiger partial charge in [-0.05, 0) is 31.0 Å². The maximum absolute atomic E-state index is 4.74. The Balaban J connectivity index is 1.78. The molecule has 4 rings (SSSR count). The molecule has 0 atom stereocenters. The SMILES string of the molecule is CCc1c(C)nc2ccccc2c1NCc1ccnc2ccnn12. The topological polar surface area (TPSA) is 55.1 Å². The first kappa shape index (κ1) is 14.6. The molecule has 0 unspecified atom stereocenters. The Morgan fingerprint density at radius 3 is 2.83 bits per heavy atom. The van der Waals surface area contributed by atoms with Gasteiger partial charge in [0.1, 0.15) is 0 Å². The van der Waals surface area contributed by atoms with E-state index in [1.54, 1.807) is 6.20 Å². The third-order valence-corrected chi connectivity index (χ3v) is 4.37. The minimum atomic E-state index is 0.682. The average Bonchev–Trinajstić information content (AvgIpc) is 3.08. The molecular formula is C19H19N5. The normalized spacial score (nSPS) is 11.2. The molecule has 0 saturated heterocycles. The quantitative estimate of drug-likeness (QED) is 0.622. The van der Waals surface area contributed by atoms with Gasteiger partial charge < -0.3 is 5.32 Å². The van der Waals surface area contributed by atoms with Crippen molar-refractivity contribution in [2.75, 3.05) is 5.32 Å². The number of para-hydroxylation sites is 1. The van der Waals surface area contributed by atoms with E-state index in [-0.39, 0.29) is 0 Å². The van der Waals surface area contributed by atoms with Crippen LogP contribution in [0.5, 0.6) is 0 Å². The maximum atomic E-state index is 4.74. The molecule has 4 aromatic rings. The second-order valence-corrected chi connectivity index (χ2v) is 5.81. The lowest BCUT2D eigenvalue weighted by Crippen LogP contribution is -2.09. The molecule has 0 aliphatic heterocycles. The molecule has 5 heteroatoms. The van der Waals surface area contributed by atoms with E-state index < -0.39 is 0 Å². The number of anilines is 1. The summed E-state index contributed by atoms with van der Waals surface area (Å²) in [5.41, 5.74) is 6.47. The van der Waals surface area contributed by atoms with Gasteiger partial charge in [0.25, 0.3) is 0 Å². The van der Waals surface area contributed by atoms with Crippen molar-refractivity contribution in [2.24, 2.45) is 0 Å². The minimum Gasteiger partial charge on any atom is -0.379 e. The molecule has 3 aromatic heterocycles. The van der Waals surface area contributed by atoms with Gasteiger partial charge in [0.2, 0.25) is 0 Å². The number of pyridine rings is 1. The lowest BCUT2D eigenvalue weighted by atomic mass is 10.0. The zero-order valence-electron chi connectivity index (χ0n) is 13.8. The van der Waals surface area contributed by atoms with Crippen LogP contribution in [0, 0.1) is 6.92 Å². The lowest BCUT2D eigenvalue weighted by molar-refractivity contribution is 0.853. The molecule has 3 heterocycles. The Hall–Kier alpha value is -2.95. The molecule has 0 radical (unpaired) electrons. The third-order valence-electron chi connectivity index (χ3n) is 4.37. The zero-order valence-corrected chi connectivity index (χ0v) is 13.8. The fourth-order valence-electron chi connectivity index (χ4n) is 3.21. The molecule has 120 valence electrons. The van der Waals surface area contributed by atoms with Crippen LogP contribution in [-0.4, -0.2) is 19.6 Å². The number of hydrogen-bond donors (Lipinski definition) is 1. The number of rotatable bonds is 4. The summed E-state index contributed by atoms with van der Waals surface area (Å²) in [7, 11) is 0. The summed E-state index contributed by atoms with van der Waals surface area (Å²) in [6.07, 6.45) is 4.54. The largest absolute Gasteiger partial charge is 0.379 e. The maximum Gasteiger partial charge on any atom is 0.155 e. The third kappa shape index (κ3) is 2.38. The number of nitrogens with zero attached hydrogens (tertiary/aromatic N) is 4. The molecule has 0 saturated carbocycles. The van der Waals surface area contributed by atoms with Crippen molar-refractivity contribution in [1.29, 1.82) is 0 Å². The van der Waals surface area contributed by atoms with E-state index in [0.29, 0.717) is 6.54 Å². The first-order valence-corrected chi connectivity index (χ1v) is 8.17. The van der Waals surface area contributed by atoms with Crippen LogP contribution in [0.4, 0.5) is 5.69 Å². The number of benzene rings is 1. The van der Waals surface area contributed by atoms with Gasteiger partial charge in [0.05, 0.1) is 24.0 Å². The van der Waals surface area contributed by atoms with Crippen molar-refractivity contribution in [3.05, 3.63) is 65.7 Å². The van der Waals surface area contributed by atoms with E-state index in [4.69, 9.17) is 4.98 Å². The van der Waals surface area contributed by atoms with Crippen LogP contribution in [0.15, 0.2) is 48.8 Å². The highest BCUT2D eigenvalue weighted by Gasteiger charge is 2.11. The highest BCUT2D eigenvalue weighted by molar-refractivity contribution is 5.93. The van der Waals surface area contributed by atoms with Gasteiger partial charge in [-0.25, -0.2) is 9.50 Å². The molecule has 1 aromatic carbocycles. The fraction of sp³-hybridized carbons (Fsp3) is 0.211. The summed E-state index contributed by atoms with van der Waals surface area (Å²) in [6, 6.07) is 12.2. The van der Waals surface area contributed by atoms with E-state index in [9.17, 15) is 0 Å². The summed E-state index contributed by atoms with van der Waals surface area (Å²) in [5, 5.41) is 9.13. The summed E-state index contributed by atoms with van der Waals surface area (Å²) in [5.74, 6) is 0. The Morgan fingerprint density at radius 1 is 1.08 bits per heavy atom. The molecule has 0 fully saturated rings. The molecule has 5 nitrogen and oxygen atoms in total. The molecule has 0 amide bonds. The van der Waals surface area contributed by atoms with Crippen LogP contribution in [0.25, 0.3) is 16.6 Å². The number of fused-ring (bicyclic) bond motifs is 2. The minimum absolute atomic E-state index is 0.682. The van der Waals surface area contributed by atoms with Gasteiger partial charge in [-0.1, -0.05) is 25.1 Å². The number of aromatic nitrogens is 4.